The van der Waals surface area contributed by atoms with Crippen molar-refractivity contribution in [3.8, 4) is 29.1 Å². The zero-order valence-corrected chi connectivity index (χ0v) is 28.5. The van der Waals surface area contributed by atoms with Crippen LogP contribution in [0.3, 0.4) is 0 Å². The van der Waals surface area contributed by atoms with E-state index < -0.39 is 0 Å². The van der Waals surface area contributed by atoms with Gasteiger partial charge in [0.15, 0.2) is 0 Å². The molecule has 3 aromatic rings. The minimum atomic E-state index is -0.296. The first-order chi connectivity index (χ1) is 20.9. The second-order valence-corrected chi connectivity index (χ2v) is 15.4. The van der Waals surface area contributed by atoms with Crippen molar-refractivity contribution in [3.05, 3.63) is 87.5 Å². The number of rotatable bonds is 4. The Labute approximate surface area is 270 Å². The van der Waals surface area contributed by atoms with Gasteiger partial charge in [-0.25, -0.2) is 0 Å². The average Bonchev–Trinajstić information content (AvgIpc) is 2.94. The molecule has 3 aromatic carbocycles. The smallest absolute Gasteiger partial charge is 0.128 e. The van der Waals surface area contributed by atoms with E-state index in [-0.39, 0.29) is 39.8 Å². The average molecular weight is 607 g/mol. The summed E-state index contributed by atoms with van der Waals surface area (Å²) in [5, 5.41) is 32.2. The van der Waals surface area contributed by atoms with Crippen LogP contribution in [0.25, 0.3) is 0 Å². The van der Waals surface area contributed by atoms with Gasteiger partial charge in [0.05, 0.1) is 12.1 Å². The number of hydrogen-bond donors (Lipinski definition) is 3. The van der Waals surface area contributed by atoms with Crippen LogP contribution in [0.5, 0.6) is 17.2 Å². The number of benzene rings is 3. The van der Waals surface area contributed by atoms with Crippen molar-refractivity contribution in [2.24, 2.45) is 9.98 Å². The maximum atomic E-state index is 11.3. The van der Waals surface area contributed by atoms with Crippen LogP contribution < -0.4 is 0 Å². The highest BCUT2D eigenvalue weighted by atomic mass is 16.3. The monoisotopic (exact) mass is 606 g/mol. The SMILES string of the molecule is CC(C)(C)c1cc(C=N[C@@H]2CCCCC2N=Cc2cc(C#Cc3ccc(O)cc3)cc(C(C)(C)C)c2O)c(O)c(C(C)(C)C)c1. The highest BCUT2D eigenvalue weighted by Crippen LogP contribution is 2.38. The lowest BCUT2D eigenvalue weighted by Gasteiger charge is -2.28. The third-order valence-corrected chi connectivity index (χ3v) is 8.48. The Kier molecular flexibility index (Phi) is 9.88. The minimum absolute atomic E-state index is 0.0209. The lowest BCUT2D eigenvalue weighted by molar-refractivity contribution is 0.390. The zero-order chi connectivity index (χ0) is 33.2. The standard InChI is InChI=1S/C40H50N2O3/c1-38(2,3)30-22-29(37(45)33(23-30)40(7,8)9)25-42-35-13-11-10-12-34(35)41-24-28-20-27(21-32(36(28)44)39(4,5)6)15-14-26-16-18-31(43)19-17-26/h16-25,34-35,43-45H,10-13H2,1-9H3/t34?,35-/m1/s1. The molecule has 0 spiro atoms. The van der Waals surface area contributed by atoms with Gasteiger partial charge in [-0.1, -0.05) is 93.1 Å². The van der Waals surface area contributed by atoms with Gasteiger partial charge >= 0.3 is 0 Å². The molecular weight excluding hydrogens is 556 g/mol. The quantitative estimate of drug-likeness (QED) is 0.205. The van der Waals surface area contributed by atoms with Crippen molar-refractivity contribution in [2.45, 2.75) is 116 Å². The Balaban J connectivity index is 1.68. The van der Waals surface area contributed by atoms with Crippen molar-refractivity contribution in [1.82, 2.24) is 0 Å². The summed E-state index contributed by atoms with van der Waals surface area (Å²) in [4.78, 5) is 10.0. The number of phenolic OH excluding ortho intramolecular Hbond substituents is 3. The minimum Gasteiger partial charge on any atom is -0.508 e. The molecule has 3 N–H and O–H groups in total. The molecule has 5 heteroatoms. The Bertz CT molecular complexity index is 1630. The van der Waals surface area contributed by atoms with Crippen LogP contribution in [-0.4, -0.2) is 39.8 Å². The first kappa shape index (κ1) is 33.8. The molecule has 0 radical (unpaired) electrons. The van der Waals surface area contributed by atoms with Crippen LogP contribution >= 0.6 is 0 Å². The fourth-order valence-electron chi connectivity index (χ4n) is 5.64. The molecule has 5 nitrogen and oxygen atoms in total. The Morgan fingerprint density at radius 2 is 1.07 bits per heavy atom. The van der Waals surface area contributed by atoms with Crippen molar-refractivity contribution < 1.29 is 15.3 Å². The van der Waals surface area contributed by atoms with Crippen molar-refractivity contribution in [2.75, 3.05) is 0 Å². The lowest BCUT2D eigenvalue weighted by Crippen LogP contribution is -2.27. The number of phenols is 3. The van der Waals surface area contributed by atoms with E-state index in [2.05, 4.69) is 86.3 Å². The summed E-state index contributed by atoms with van der Waals surface area (Å²) in [5.74, 6) is 7.10. The largest absolute Gasteiger partial charge is 0.508 e. The maximum Gasteiger partial charge on any atom is 0.128 e. The van der Waals surface area contributed by atoms with E-state index in [9.17, 15) is 15.3 Å². The number of nitrogens with zero attached hydrogens (tertiary/aromatic N) is 2. The Morgan fingerprint density at radius 3 is 1.56 bits per heavy atom. The first-order valence-electron chi connectivity index (χ1n) is 16.1. The van der Waals surface area contributed by atoms with Crippen LogP contribution in [-0.2, 0) is 16.2 Å². The summed E-state index contributed by atoms with van der Waals surface area (Å²) < 4.78 is 0. The molecule has 1 aliphatic rings. The molecule has 1 saturated carbocycles. The number of aliphatic imine (C=N–C) groups is 2. The fraction of sp³-hybridized carbons (Fsp3) is 0.450. The van der Waals surface area contributed by atoms with Crippen LogP contribution in [0.1, 0.15) is 127 Å². The molecule has 0 amide bonds. The van der Waals surface area contributed by atoms with Gasteiger partial charge in [-0.05, 0) is 77.1 Å². The highest BCUT2D eigenvalue weighted by molar-refractivity contribution is 5.86. The third kappa shape index (κ3) is 8.57. The normalized spacial score (nSPS) is 17.9. The first-order valence-corrected chi connectivity index (χ1v) is 16.1. The molecule has 238 valence electrons. The molecule has 0 aromatic heterocycles. The van der Waals surface area contributed by atoms with E-state index in [1.165, 1.54) is 5.56 Å². The molecule has 2 atom stereocenters. The molecule has 1 unspecified atom stereocenters. The molecule has 1 aliphatic carbocycles. The Hall–Kier alpha value is -4.04. The number of hydrogen-bond acceptors (Lipinski definition) is 5. The zero-order valence-electron chi connectivity index (χ0n) is 28.5. The van der Waals surface area contributed by atoms with Crippen molar-refractivity contribution in [1.29, 1.82) is 0 Å². The van der Waals surface area contributed by atoms with Gasteiger partial charge in [-0.2, -0.15) is 0 Å². The summed E-state index contributed by atoms with van der Waals surface area (Å²) in [6, 6.07) is 14.8. The summed E-state index contributed by atoms with van der Waals surface area (Å²) in [6.07, 6.45) is 7.60. The summed E-state index contributed by atoms with van der Waals surface area (Å²) in [6.45, 7) is 19.1. The third-order valence-electron chi connectivity index (χ3n) is 8.48. The van der Waals surface area contributed by atoms with E-state index >= 15 is 0 Å². The van der Waals surface area contributed by atoms with Gasteiger partial charge in [0.1, 0.15) is 17.2 Å². The molecule has 0 bridgehead atoms. The maximum absolute atomic E-state index is 11.3. The summed E-state index contributed by atoms with van der Waals surface area (Å²) >= 11 is 0. The van der Waals surface area contributed by atoms with Crippen LogP contribution in [0.2, 0.25) is 0 Å². The number of aromatic hydroxyl groups is 3. The van der Waals surface area contributed by atoms with Crippen LogP contribution in [0.15, 0.2) is 58.5 Å². The van der Waals surface area contributed by atoms with Gasteiger partial charge < -0.3 is 15.3 Å². The lowest BCUT2D eigenvalue weighted by atomic mass is 9.79. The molecule has 0 aliphatic heterocycles. The molecular formula is C40H50N2O3. The van der Waals surface area contributed by atoms with Crippen LogP contribution in [0.4, 0.5) is 0 Å². The Morgan fingerprint density at radius 1 is 0.600 bits per heavy atom. The molecule has 45 heavy (non-hydrogen) atoms. The van der Waals surface area contributed by atoms with Gasteiger partial charge in [-0.15, -0.1) is 0 Å². The highest BCUT2D eigenvalue weighted by Gasteiger charge is 2.27. The van der Waals surface area contributed by atoms with E-state index in [4.69, 9.17) is 9.98 Å². The van der Waals surface area contributed by atoms with E-state index in [1.54, 1.807) is 30.5 Å². The van der Waals surface area contributed by atoms with E-state index in [0.717, 1.165) is 53.5 Å². The van der Waals surface area contributed by atoms with E-state index in [1.807, 2.05) is 18.3 Å². The molecule has 1 fully saturated rings. The second-order valence-electron chi connectivity index (χ2n) is 15.4. The van der Waals surface area contributed by atoms with Crippen LogP contribution in [0, 0.1) is 11.8 Å². The van der Waals surface area contributed by atoms with E-state index in [0.29, 0.717) is 11.3 Å². The summed E-state index contributed by atoms with van der Waals surface area (Å²) in [5.41, 5.74) is 5.30. The molecule has 0 saturated heterocycles. The molecule has 0 heterocycles. The van der Waals surface area contributed by atoms with Gasteiger partial charge in [0.2, 0.25) is 0 Å². The second kappa shape index (κ2) is 13.1. The molecule has 4 rings (SSSR count). The predicted octanol–water partition coefficient (Wildman–Crippen LogP) is 8.94. The summed E-state index contributed by atoms with van der Waals surface area (Å²) in [7, 11) is 0. The van der Waals surface area contributed by atoms with Gasteiger partial charge in [0.25, 0.3) is 0 Å². The fourth-order valence-corrected chi connectivity index (χ4v) is 5.64. The topological polar surface area (TPSA) is 85.4 Å². The van der Waals surface area contributed by atoms with Gasteiger partial charge in [0, 0.05) is 45.8 Å². The van der Waals surface area contributed by atoms with Gasteiger partial charge in [-0.3, -0.25) is 9.98 Å². The predicted molar refractivity (Wildman–Crippen MR) is 188 cm³/mol. The van der Waals surface area contributed by atoms with Crippen molar-refractivity contribution in [3.63, 3.8) is 0 Å². The van der Waals surface area contributed by atoms with Crippen molar-refractivity contribution >= 4 is 12.4 Å².